The van der Waals surface area contributed by atoms with Crippen molar-refractivity contribution in [3.63, 3.8) is 0 Å². The van der Waals surface area contributed by atoms with Crippen LogP contribution in [-0.2, 0) is 0 Å². The third kappa shape index (κ3) is 3.04. The molecule has 0 aliphatic carbocycles. The van der Waals surface area contributed by atoms with Crippen molar-refractivity contribution in [1.29, 1.82) is 0 Å². The lowest BCUT2D eigenvalue weighted by Crippen LogP contribution is -2.13. The standard InChI is InChI=1S/C18H14F2N2O/c1-10-3-6-17-13(7-10)14(8-11(2)21-17)18(23)22-12-4-5-15(19)16(20)9-12/h3-9H,1-2H3,(H,22,23). The highest BCUT2D eigenvalue weighted by atomic mass is 19.2. The predicted octanol–water partition coefficient (Wildman–Crippen LogP) is 4.38. The first-order chi connectivity index (χ1) is 10.9. The minimum atomic E-state index is -1.01. The van der Waals surface area contributed by atoms with Gasteiger partial charge in [0.25, 0.3) is 5.91 Å². The average molecular weight is 312 g/mol. The number of fused-ring (bicyclic) bond motifs is 1. The molecule has 1 aromatic heterocycles. The number of rotatable bonds is 2. The summed E-state index contributed by atoms with van der Waals surface area (Å²) >= 11 is 0. The molecule has 0 saturated heterocycles. The van der Waals surface area contributed by atoms with Gasteiger partial charge in [-0.1, -0.05) is 11.6 Å². The van der Waals surface area contributed by atoms with Gasteiger partial charge in [-0.05, 0) is 44.2 Å². The Morgan fingerprint density at radius 2 is 1.78 bits per heavy atom. The van der Waals surface area contributed by atoms with Gasteiger partial charge in [0.2, 0.25) is 0 Å². The molecule has 0 bridgehead atoms. The second-order valence-electron chi connectivity index (χ2n) is 5.41. The van der Waals surface area contributed by atoms with Crippen LogP contribution >= 0.6 is 0 Å². The quantitative estimate of drug-likeness (QED) is 0.763. The van der Waals surface area contributed by atoms with Crippen molar-refractivity contribution in [2.24, 2.45) is 0 Å². The number of amides is 1. The smallest absolute Gasteiger partial charge is 0.256 e. The number of halogens is 2. The molecule has 1 heterocycles. The molecule has 0 fully saturated rings. The fourth-order valence-corrected chi connectivity index (χ4v) is 2.43. The summed E-state index contributed by atoms with van der Waals surface area (Å²) in [6, 6.07) is 10.6. The van der Waals surface area contributed by atoms with Crippen molar-refractivity contribution in [2.75, 3.05) is 5.32 Å². The highest BCUT2D eigenvalue weighted by molar-refractivity contribution is 6.12. The van der Waals surface area contributed by atoms with E-state index in [1.165, 1.54) is 6.07 Å². The van der Waals surface area contributed by atoms with Gasteiger partial charge in [0, 0.05) is 22.8 Å². The van der Waals surface area contributed by atoms with Crippen LogP contribution in [0.2, 0.25) is 0 Å². The Morgan fingerprint density at radius 3 is 2.52 bits per heavy atom. The Balaban J connectivity index is 2.03. The van der Waals surface area contributed by atoms with E-state index in [4.69, 9.17) is 0 Å². The zero-order chi connectivity index (χ0) is 16.6. The maximum Gasteiger partial charge on any atom is 0.256 e. The Labute approximate surface area is 132 Å². The number of hydrogen-bond donors (Lipinski definition) is 1. The molecule has 3 aromatic rings. The summed E-state index contributed by atoms with van der Waals surface area (Å²) in [6.07, 6.45) is 0. The highest BCUT2D eigenvalue weighted by Crippen LogP contribution is 2.22. The van der Waals surface area contributed by atoms with Crippen LogP contribution in [0.15, 0.2) is 42.5 Å². The number of nitrogens with one attached hydrogen (secondary N) is 1. The van der Waals surface area contributed by atoms with E-state index in [-0.39, 0.29) is 5.69 Å². The van der Waals surface area contributed by atoms with Crippen molar-refractivity contribution in [2.45, 2.75) is 13.8 Å². The number of pyridine rings is 1. The van der Waals surface area contributed by atoms with E-state index in [2.05, 4.69) is 10.3 Å². The van der Waals surface area contributed by atoms with E-state index in [1.54, 1.807) is 13.0 Å². The van der Waals surface area contributed by atoms with Gasteiger partial charge in [-0.2, -0.15) is 0 Å². The van der Waals surface area contributed by atoms with Crippen molar-refractivity contribution in [3.05, 3.63) is 70.9 Å². The molecule has 0 radical (unpaired) electrons. The summed E-state index contributed by atoms with van der Waals surface area (Å²) in [7, 11) is 0. The van der Waals surface area contributed by atoms with Crippen molar-refractivity contribution < 1.29 is 13.6 Å². The van der Waals surface area contributed by atoms with Gasteiger partial charge in [-0.3, -0.25) is 9.78 Å². The summed E-state index contributed by atoms with van der Waals surface area (Å²) in [6.45, 7) is 3.73. The summed E-state index contributed by atoms with van der Waals surface area (Å²) in [4.78, 5) is 16.9. The van der Waals surface area contributed by atoms with E-state index in [0.717, 1.165) is 23.1 Å². The number of nitrogens with zero attached hydrogens (tertiary/aromatic N) is 1. The van der Waals surface area contributed by atoms with Gasteiger partial charge in [-0.15, -0.1) is 0 Å². The molecule has 2 aromatic carbocycles. The molecule has 3 rings (SSSR count). The lowest BCUT2D eigenvalue weighted by Gasteiger charge is -2.10. The summed E-state index contributed by atoms with van der Waals surface area (Å²) in [5, 5.41) is 3.31. The number of carbonyl (C=O) groups excluding carboxylic acids is 1. The van der Waals surface area contributed by atoms with Gasteiger partial charge in [0.05, 0.1) is 11.1 Å². The van der Waals surface area contributed by atoms with Gasteiger partial charge in [0.1, 0.15) is 0 Å². The molecule has 1 N–H and O–H groups in total. The predicted molar refractivity (Wildman–Crippen MR) is 85.5 cm³/mol. The van der Waals surface area contributed by atoms with Crippen LogP contribution in [0.3, 0.4) is 0 Å². The van der Waals surface area contributed by atoms with Gasteiger partial charge in [-0.25, -0.2) is 8.78 Å². The second kappa shape index (κ2) is 5.76. The topological polar surface area (TPSA) is 42.0 Å². The number of benzene rings is 2. The van der Waals surface area contributed by atoms with Gasteiger partial charge < -0.3 is 5.32 Å². The molecule has 0 unspecified atom stereocenters. The molecule has 1 amide bonds. The van der Waals surface area contributed by atoms with Gasteiger partial charge in [0.15, 0.2) is 11.6 Å². The third-order valence-electron chi connectivity index (χ3n) is 3.51. The maximum absolute atomic E-state index is 13.3. The minimum Gasteiger partial charge on any atom is -0.322 e. The first kappa shape index (κ1) is 15.1. The molecule has 0 aliphatic heterocycles. The number of aryl methyl sites for hydroxylation is 2. The molecule has 0 spiro atoms. The van der Waals surface area contributed by atoms with E-state index >= 15 is 0 Å². The fraction of sp³-hybridized carbons (Fsp3) is 0.111. The first-order valence-electron chi connectivity index (χ1n) is 7.08. The van der Waals surface area contributed by atoms with Gasteiger partial charge >= 0.3 is 0 Å². The van der Waals surface area contributed by atoms with Crippen LogP contribution in [0.25, 0.3) is 10.9 Å². The minimum absolute atomic E-state index is 0.198. The summed E-state index contributed by atoms with van der Waals surface area (Å²) in [5.41, 5.74) is 3.07. The van der Waals surface area contributed by atoms with Crippen LogP contribution < -0.4 is 5.32 Å². The summed E-state index contributed by atoms with van der Waals surface area (Å²) in [5.74, 6) is -2.35. The van der Waals surface area contributed by atoms with Crippen LogP contribution in [0.5, 0.6) is 0 Å². The molecule has 0 aliphatic rings. The molecule has 23 heavy (non-hydrogen) atoms. The number of carbonyl (C=O) groups is 1. The number of hydrogen-bond acceptors (Lipinski definition) is 2. The molecular weight excluding hydrogens is 298 g/mol. The molecule has 3 nitrogen and oxygen atoms in total. The van der Waals surface area contributed by atoms with Crippen LogP contribution in [0.4, 0.5) is 14.5 Å². The average Bonchev–Trinajstić information content (AvgIpc) is 2.50. The van der Waals surface area contributed by atoms with Crippen molar-refractivity contribution >= 4 is 22.5 Å². The van der Waals surface area contributed by atoms with E-state index in [1.807, 2.05) is 25.1 Å². The lowest BCUT2D eigenvalue weighted by molar-refractivity contribution is 0.102. The monoisotopic (exact) mass is 312 g/mol. The Bertz CT molecular complexity index is 922. The first-order valence-corrected chi connectivity index (χ1v) is 7.08. The largest absolute Gasteiger partial charge is 0.322 e. The Morgan fingerprint density at radius 1 is 1.00 bits per heavy atom. The molecular formula is C18H14F2N2O. The number of aromatic nitrogens is 1. The normalized spacial score (nSPS) is 10.8. The van der Waals surface area contributed by atoms with Crippen molar-refractivity contribution in [3.8, 4) is 0 Å². The number of anilines is 1. The maximum atomic E-state index is 13.3. The second-order valence-corrected chi connectivity index (χ2v) is 5.41. The molecule has 116 valence electrons. The van der Waals surface area contributed by atoms with Crippen molar-refractivity contribution in [1.82, 2.24) is 4.98 Å². The third-order valence-corrected chi connectivity index (χ3v) is 3.51. The van der Waals surface area contributed by atoms with Crippen LogP contribution in [-0.4, -0.2) is 10.9 Å². The van der Waals surface area contributed by atoms with Crippen LogP contribution in [0.1, 0.15) is 21.6 Å². The molecule has 0 atom stereocenters. The SMILES string of the molecule is Cc1ccc2nc(C)cc(C(=O)Nc3ccc(F)c(F)c3)c2c1. The highest BCUT2D eigenvalue weighted by Gasteiger charge is 2.13. The van der Waals surface area contributed by atoms with Crippen LogP contribution in [0, 0.1) is 25.5 Å². The molecule has 0 saturated carbocycles. The van der Waals surface area contributed by atoms with E-state index in [9.17, 15) is 13.6 Å². The zero-order valence-electron chi connectivity index (χ0n) is 12.7. The Kier molecular flexibility index (Phi) is 3.78. The fourth-order valence-electron chi connectivity index (χ4n) is 2.43. The van der Waals surface area contributed by atoms with E-state index < -0.39 is 17.5 Å². The summed E-state index contributed by atoms with van der Waals surface area (Å²) < 4.78 is 26.2. The lowest BCUT2D eigenvalue weighted by atomic mass is 10.0. The zero-order valence-corrected chi connectivity index (χ0v) is 12.7. The molecule has 5 heteroatoms. The van der Waals surface area contributed by atoms with E-state index in [0.29, 0.717) is 16.8 Å². The Hall–Kier alpha value is -2.82.